The highest BCUT2D eigenvalue weighted by atomic mass is 32.2. The smallest absolute Gasteiger partial charge is 0.244 e. The second kappa shape index (κ2) is 3.21. The first kappa shape index (κ1) is 9.42. The summed E-state index contributed by atoms with van der Waals surface area (Å²) in [4.78, 5) is 3.97. The molecular formula is C8H10N2O3S. The topological polar surface area (TPSA) is 68.3 Å². The van der Waals surface area contributed by atoms with Gasteiger partial charge in [0.2, 0.25) is 10.0 Å². The molecule has 1 aromatic heterocycles. The van der Waals surface area contributed by atoms with Gasteiger partial charge in [-0.15, -0.1) is 0 Å². The SMILES string of the molecule is C[C@H]1CNS(=O)(=O)c2ccncc2O1. The van der Waals surface area contributed by atoms with Crippen molar-refractivity contribution < 1.29 is 13.2 Å². The molecule has 1 atom stereocenters. The van der Waals surface area contributed by atoms with E-state index in [2.05, 4.69) is 9.71 Å². The highest BCUT2D eigenvalue weighted by Gasteiger charge is 2.25. The van der Waals surface area contributed by atoms with Crippen LogP contribution in [-0.4, -0.2) is 26.1 Å². The Labute approximate surface area is 82.2 Å². The first-order valence-electron chi connectivity index (χ1n) is 4.20. The van der Waals surface area contributed by atoms with Crippen molar-refractivity contribution in [2.75, 3.05) is 6.54 Å². The van der Waals surface area contributed by atoms with Crippen molar-refractivity contribution in [2.45, 2.75) is 17.9 Å². The number of hydrogen-bond acceptors (Lipinski definition) is 4. The van der Waals surface area contributed by atoms with E-state index in [9.17, 15) is 8.42 Å². The average molecular weight is 214 g/mol. The summed E-state index contributed by atoms with van der Waals surface area (Å²) >= 11 is 0. The minimum Gasteiger partial charge on any atom is -0.486 e. The average Bonchev–Trinajstić information content (AvgIpc) is 2.25. The zero-order valence-electron chi connectivity index (χ0n) is 7.60. The maximum absolute atomic E-state index is 11.6. The van der Waals surface area contributed by atoms with Crippen LogP contribution in [0.15, 0.2) is 23.4 Å². The second-order valence-electron chi connectivity index (χ2n) is 3.10. The lowest BCUT2D eigenvalue weighted by atomic mass is 10.4. The molecule has 0 fully saturated rings. The van der Waals surface area contributed by atoms with Crippen LogP contribution in [0.25, 0.3) is 0 Å². The van der Waals surface area contributed by atoms with Crippen LogP contribution in [0.1, 0.15) is 6.92 Å². The molecule has 0 radical (unpaired) electrons. The van der Waals surface area contributed by atoms with Crippen LogP contribution in [0, 0.1) is 0 Å². The van der Waals surface area contributed by atoms with E-state index in [1.807, 2.05) is 0 Å². The predicted molar refractivity (Wildman–Crippen MR) is 49.5 cm³/mol. The first-order valence-corrected chi connectivity index (χ1v) is 5.68. The van der Waals surface area contributed by atoms with Crippen LogP contribution < -0.4 is 9.46 Å². The lowest BCUT2D eigenvalue weighted by Gasteiger charge is -2.09. The number of nitrogens with zero attached hydrogens (tertiary/aromatic N) is 1. The third-order valence-corrected chi connectivity index (χ3v) is 3.39. The maximum atomic E-state index is 11.6. The zero-order valence-corrected chi connectivity index (χ0v) is 8.41. The quantitative estimate of drug-likeness (QED) is 0.667. The Morgan fingerprint density at radius 3 is 3.21 bits per heavy atom. The zero-order chi connectivity index (χ0) is 10.2. The van der Waals surface area contributed by atoms with Crippen molar-refractivity contribution in [3.05, 3.63) is 18.5 Å². The second-order valence-corrected chi connectivity index (χ2v) is 4.84. The fraction of sp³-hybridized carbons (Fsp3) is 0.375. The molecule has 0 saturated heterocycles. The summed E-state index contributed by atoms with van der Waals surface area (Å²) in [5, 5.41) is 0. The van der Waals surface area contributed by atoms with Gasteiger partial charge >= 0.3 is 0 Å². The van der Waals surface area contributed by atoms with E-state index in [0.29, 0.717) is 5.75 Å². The molecule has 14 heavy (non-hydrogen) atoms. The normalized spacial score (nSPS) is 24.5. The molecule has 76 valence electrons. The Morgan fingerprint density at radius 2 is 2.43 bits per heavy atom. The van der Waals surface area contributed by atoms with Crippen molar-refractivity contribution in [1.29, 1.82) is 0 Å². The fourth-order valence-corrected chi connectivity index (χ4v) is 2.46. The molecule has 1 N–H and O–H groups in total. The van der Waals surface area contributed by atoms with E-state index >= 15 is 0 Å². The Balaban J connectivity index is 2.58. The van der Waals surface area contributed by atoms with E-state index in [1.54, 1.807) is 6.92 Å². The van der Waals surface area contributed by atoms with Crippen LogP contribution in [0.5, 0.6) is 5.75 Å². The molecule has 5 nitrogen and oxygen atoms in total. The molecule has 1 aromatic rings. The molecule has 0 bridgehead atoms. The molecule has 2 heterocycles. The fourth-order valence-electron chi connectivity index (χ4n) is 1.24. The van der Waals surface area contributed by atoms with Gasteiger partial charge in [0.25, 0.3) is 0 Å². The number of rotatable bonds is 0. The third kappa shape index (κ3) is 1.58. The van der Waals surface area contributed by atoms with Crippen LogP contribution in [0.4, 0.5) is 0 Å². The molecule has 0 saturated carbocycles. The van der Waals surface area contributed by atoms with Gasteiger partial charge in [0, 0.05) is 12.7 Å². The van der Waals surface area contributed by atoms with Crippen LogP contribution in [0.2, 0.25) is 0 Å². The summed E-state index contributed by atoms with van der Waals surface area (Å²) in [6.45, 7) is 2.07. The summed E-state index contributed by atoms with van der Waals surface area (Å²) in [5.41, 5.74) is 0. The molecule has 1 aliphatic heterocycles. The maximum Gasteiger partial charge on any atom is 0.244 e. The molecule has 0 aromatic carbocycles. The van der Waals surface area contributed by atoms with Gasteiger partial charge in [0.05, 0.1) is 6.20 Å². The monoisotopic (exact) mass is 214 g/mol. The lowest BCUT2D eigenvalue weighted by molar-refractivity contribution is 0.223. The number of pyridine rings is 1. The van der Waals surface area contributed by atoms with Crippen molar-refractivity contribution in [2.24, 2.45) is 0 Å². The third-order valence-electron chi connectivity index (χ3n) is 1.93. The van der Waals surface area contributed by atoms with Gasteiger partial charge in [-0.05, 0) is 13.0 Å². The Bertz CT molecular complexity index is 444. The number of fused-ring (bicyclic) bond motifs is 1. The van der Waals surface area contributed by atoms with Crippen molar-refractivity contribution >= 4 is 10.0 Å². The van der Waals surface area contributed by atoms with Crippen LogP contribution >= 0.6 is 0 Å². The van der Waals surface area contributed by atoms with Crippen molar-refractivity contribution in [3.63, 3.8) is 0 Å². The summed E-state index contributed by atoms with van der Waals surface area (Å²) < 4.78 is 31.1. The number of nitrogens with one attached hydrogen (secondary N) is 1. The summed E-state index contributed by atoms with van der Waals surface area (Å²) in [5.74, 6) is 0.310. The number of sulfonamides is 1. The van der Waals surface area contributed by atoms with Gasteiger partial charge in [0.15, 0.2) is 5.75 Å². The van der Waals surface area contributed by atoms with Gasteiger partial charge in [-0.3, -0.25) is 4.98 Å². The van der Waals surface area contributed by atoms with Gasteiger partial charge in [-0.1, -0.05) is 0 Å². The minimum atomic E-state index is -3.43. The van der Waals surface area contributed by atoms with Gasteiger partial charge in [-0.25, -0.2) is 13.1 Å². The number of ether oxygens (including phenoxy) is 1. The number of hydrogen-bond donors (Lipinski definition) is 1. The van der Waals surface area contributed by atoms with E-state index < -0.39 is 10.0 Å². The summed E-state index contributed by atoms with van der Waals surface area (Å²) in [6.07, 6.45) is 2.66. The van der Waals surface area contributed by atoms with Crippen LogP contribution in [-0.2, 0) is 10.0 Å². The summed E-state index contributed by atoms with van der Waals surface area (Å²) in [7, 11) is -3.43. The van der Waals surface area contributed by atoms with E-state index in [4.69, 9.17) is 4.74 Å². The predicted octanol–water partition coefficient (Wildman–Crippen LogP) is 0.141. The minimum absolute atomic E-state index is 0.150. The van der Waals surface area contributed by atoms with Gasteiger partial charge in [0.1, 0.15) is 11.0 Å². The van der Waals surface area contributed by atoms with Crippen molar-refractivity contribution in [1.82, 2.24) is 9.71 Å². The molecule has 1 aliphatic rings. The van der Waals surface area contributed by atoms with E-state index in [-0.39, 0.29) is 17.5 Å². The van der Waals surface area contributed by atoms with Crippen molar-refractivity contribution in [3.8, 4) is 5.75 Å². The Kier molecular flexibility index (Phi) is 2.16. The molecule has 0 spiro atoms. The molecule has 2 rings (SSSR count). The Morgan fingerprint density at radius 1 is 1.64 bits per heavy atom. The van der Waals surface area contributed by atoms with Gasteiger partial charge in [-0.2, -0.15) is 0 Å². The highest BCUT2D eigenvalue weighted by molar-refractivity contribution is 7.89. The number of aromatic nitrogens is 1. The highest BCUT2D eigenvalue weighted by Crippen LogP contribution is 2.24. The van der Waals surface area contributed by atoms with E-state index in [0.717, 1.165) is 0 Å². The first-order chi connectivity index (χ1) is 6.59. The molecule has 6 heteroatoms. The van der Waals surface area contributed by atoms with Crippen LogP contribution in [0.3, 0.4) is 0 Å². The molecular weight excluding hydrogens is 204 g/mol. The summed E-state index contributed by atoms with van der Waals surface area (Å²) in [6, 6.07) is 1.43. The molecule has 0 aliphatic carbocycles. The molecule has 0 unspecified atom stereocenters. The molecule has 0 amide bonds. The van der Waals surface area contributed by atoms with E-state index in [1.165, 1.54) is 18.5 Å². The standard InChI is InChI=1S/C8H10N2O3S/c1-6-4-10-14(11,12)8-2-3-9-5-7(8)13-6/h2-3,5-6,10H,4H2,1H3/t6-/m0/s1. The largest absolute Gasteiger partial charge is 0.486 e. The Hall–Kier alpha value is -1.14. The lowest BCUT2D eigenvalue weighted by Crippen LogP contribution is -2.29. The van der Waals surface area contributed by atoms with Gasteiger partial charge < -0.3 is 4.74 Å².